The molecule has 3 heteroatoms. The van der Waals surface area contributed by atoms with Gasteiger partial charge in [0.2, 0.25) is 0 Å². The molecule has 0 bridgehead atoms. The number of benzene rings is 1. The average molecular weight is 292 g/mol. The molecule has 0 fully saturated rings. The van der Waals surface area contributed by atoms with Crippen LogP contribution in [-0.4, -0.2) is 11.7 Å². The zero-order chi connectivity index (χ0) is 14.5. The summed E-state index contributed by atoms with van der Waals surface area (Å²) in [5.74, 6) is 0. The standard InChI is InChI=1S/C17H28N2S/c1-2-3-4-5-6-7-11-14-18-17(20)19-15-16-12-9-8-10-13-16/h8-10,12-13H,2-7,11,14-15H2,1H3,(H2,18,19,20). The number of unbranched alkanes of at least 4 members (excludes halogenated alkanes) is 6. The van der Waals surface area contributed by atoms with Crippen LogP contribution in [0.3, 0.4) is 0 Å². The molecule has 2 N–H and O–H groups in total. The van der Waals surface area contributed by atoms with E-state index in [4.69, 9.17) is 12.2 Å². The number of hydrogen-bond acceptors (Lipinski definition) is 1. The summed E-state index contributed by atoms with van der Waals surface area (Å²) in [6.07, 6.45) is 9.34. The first-order valence-electron chi connectivity index (χ1n) is 7.88. The molecule has 0 atom stereocenters. The van der Waals surface area contributed by atoms with Gasteiger partial charge in [0, 0.05) is 13.1 Å². The largest absolute Gasteiger partial charge is 0.363 e. The van der Waals surface area contributed by atoms with Gasteiger partial charge in [0.25, 0.3) is 0 Å². The van der Waals surface area contributed by atoms with Crippen molar-refractivity contribution >= 4 is 17.3 Å². The highest BCUT2D eigenvalue weighted by atomic mass is 32.1. The van der Waals surface area contributed by atoms with Crippen LogP contribution in [0.1, 0.15) is 57.4 Å². The number of thiocarbonyl (C=S) groups is 1. The van der Waals surface area contributed by atoms with Crippen LogP contribution >= 0.6 is 12.2 Å². The fourth-order valence-corrected chi connectivity index (χ4v) is 2.30. The summed E-state index contributed by atoms with van der Waals surface area (Å²) < 4.78 is 0. The van der Waals surface area contributed by atoms with Crippen LogP contribution in [0.15, 0.2) is 30.3 Å². The Hall–Kier alpha value is -1.09. The highest BCUT2D eigenvalue weighted by Gasteiger charge is 1.96. The number of hydrogen-bond donors (Lipinski definition) is 2. The molecule has 0 radical (unpaired) electrons. The topological polar surface area (TPSA) is 24.1 Å². The van der Waals surface area contributed by atoms with Crippen LogP contribution in [0.2, 0.25) is 0 Å². The van der Waals surface area contributed by atoms with Gasteiger partial charge in [-0.05, 0) is 24.2 Å². The molecule has 112 valence electrons. The minimum Gasteiger partial charge on any atom is -0.363 e. The van der Waals surface area contributed by atoms with Crippen molar-refractivity contribution in [1.29, 1.82) is 0 Å². The Morgan fingerprint density at radius 1 is 0.900 bits per heavy atom. The smallest absolute Gasteiger partial charge is 0.166 e. The quantitative estimate of drug-likeness (QED) is 0.494. The SMILES string of the molecule is CCCCCCCCCNC(=S)NCc1ccccc1. The molecule has 1 aromatic rings. The minimum atomic E-state index is 0.764. The lowest BCUT2D eigenvalue weighted by Gasteiger charge is -2.10. The maximum atomic E-state index is 5.27. The van der Waals surface area contributed by atoms with Crippen LogP contribution in [0.4, 0.5) is 0 Å². The lowest BCUT2D eigenvalue weighted by atomic mass is 10.1. The average Bonchev–Trinajstić information content (AvgIpc) is 2.49. The molecular weight excluding hydrogens is 264 g/mol. The highest BCUT2D eigenvalue weighted by Crippen LogP contribution is 2.06. The van der Waals surface area contributed by atoms with Crippen molar-refractivity contribution in [3.63, 3.8) is 0 Å². The molecule has 20 heavy (non-hydrogen) atoms. The lowest BCUT2D eigenvalue weighted by molar-refractivity contribution is 0.584. The molecule has 0 amide bonds. The zero-order valence-corrected chi connectivity index (χ0v) is 13.5. The summed E-state index contributed by atoms with van der Waals surface area (Å²) >= 11 is 5.27. The first-order chi connectivity index (χ1) is 9.83. The van der Waals surface area contributed by atoms with Crippen molar-refractivity contribution in [3.05, 3.63) is 35.9 Å². The molecule has 1 rings (SSSR count). The van der Waals surface area contributed by atoms with E-state index in [1.807, 2.05) is 18.2 Å². The van der Waals surface area contributed by atoms with Gasteiger partial charge in [0.05, 0.1) is 0 Å². The van der Waals surface area contributed by atoms with E-state index in [9.17, 15) is 0 Å². The van der Waals surface area contributed by atoms with Gasteiger partial charge in [-0.15, -0.1) is 0 Å². The van der Waals surface area contributed by atoms with E-state index in [0.29, 0.717) is 0 Å². The molecule has 2 nitrogen and oxygen atoms in total. The van der Waals surface area contributed by atoms with Crippen LogP contribution in [-0.2, 0) is 6.54 Å². The maximum absolute atomic E-state index is 5.27. The lowest BCUT2D eigenvalue weighted by Crippen LogP contribution is -2.35. The Bertz CT molecular complexity index is 351. The second-order valence-corrected chi connectivity index (χ2v) is 5.62. The Balaban J connectivity index is 1.93. The zero-order valence-electron chi connectivity index (χ0n) is 12.7. The number of nitrogens with one attached hydrogen (secondary N) is 2. The minimum absolute atomic E-state index is 0.764. The molecule has 0 saturated carbocycles. The second-order valence-electron chi connectivity index (χ2n) is 5.22. The van der Waals surface area contributed by atoms with Gasteiger partial charge in [0.1, 0.15) is 0 Å². The summed E-state index contributed by atoms with van der Waals surface area (Å²) in [4.78, 5) is 0. The van der Waals surface area contributed by atoms with Gasteiger partial charge in [0.15, 0.2) is 5.11 Å². The molecule has 0 heterocycles. The van der Waals surface area contributed by atoms with Crippen molar-refractivity contribution in [2.45, 2.75) is 58.4 Å². The van der Waals surface area contributed by atoms with Gasteiger partial charge < -0.3 is 10.6 Å². The van der Waals surface area contributed by atoms with Crippen molar-refractivity contribution in [3.8, 4) is 0 Å². The highest BCUT2D eigenvalue weighted by molar-refractivity contribution is 7.80. The van der Waals surface area contributed by atoms with E-state index in [0.717, 1.165) is 18.2 Å². The first kappa shape index (κ1) is 17.0. The van der Waals surface area contributed by atoms with Gasteiger partial charge in [-0.25, -0.2) is 0 Å². The predicted octanol–water partition coefficient (Wildman–Crippen LogP) is 4.40. The van der Waals surface area contributed by atoms with Crippen LogP contribution in [0.25, 0.3) is 0 Å². The van der Waals surface area contributed by atoms with E-state index >= 15 is 0 Å². The fourth-order valence-electron chi connectivity index (χ4n) is 2.12. The molecule has 0 spiro atoms. The van der Waals surface area contributed by atoms with E-state index in [1.54, 1.807) is 0 Å². The second kappa shape index (κ2) is 11.7. The summed E-state index contributed by atoms with van der Waals surface area (Å²) in [6, 6.07) is 10.3. The molecular formula is C17H28N2S. The molecule has 0 aromatic heterocycles. The molecule has 1 aromatic carbocycles. The summed E-state index contributed by atoms with van der Waals surface area (Å²) in [6.45, 7) is 4.03. The third-order valence-corrected chi connectivity index (χ3v) is 3.65. The Morgan fingerprint density at radius 3 is 2.25 bits per heavy atom. The van der Waals surface area contributed by atoms with E-state index in [1.165, 1.54) is 50.5 Å². The Labute approximate surface area is 129 Å². The molecule has 0 aliphatic heterocycles. The monoisotopic (exact) mass is 292 g/mol. The van der Waals surface area contributed by atoms with Crippen molar-refractivity contribution in [2.75, 3.05) is 6.54 Å². The van der Waals surface area contributed by atoms with Gasteiger partial charge in [-0.1, -0.05) is 75.8 Å². The third-order valence-electron chi connectivity index (χ3n) is 3.36. The van der Waals surface area contributed by atoms with Crippen molar-refractivity contribution in [1.82, 2.24) is 10.6 Å². The normalized spacial score (nSPS) is 10.2. The summed E-state index contributed by atoms with van der Waals surface area (Å²) in [5, 5.41) is 7.28. The Morgan fingerprint density at radius 2 is 1.55 bits per heavy atom. The van der Waals surface area contributed by atoms with Gasteiger partial charge >= 0.3 is 0 Å². The molecule has 0 aliphatic rings. The third kappa shape index (κ3) is 8.92. The van der Waals surface area contributed by atoms with E-state index < -0.39 is 0 Å². The number of rotatable bonds is 10. The van der Waals surface area contributed by atoms with Gasteiger partial charge in [-0.2, -0.15) is 0 Å². The van der Waals surface area contributed by atoms with Crippen LogP contribution in [0.5, 0.6) is 0 Å². The summed E-state index contributed by atoms with van der Waals surface area (Å²) in [7, 11) is 0. The predicted molar refractivity (Wildman–Crippen MR) is 91.9 cm³/mol. The first-order valence-corrected chi connectivity index (χ1v) is 8.29. The molecule has 0 saturated heterocycles. The maximum Gasteiger partial charge on any atom is 0.166 e. The molecule has 0 aliphatic carbocycles. The van der Waals surface area contributed by atoms with E-state index in [2.05, 4.69) is 29.7 Å². The van der Waals surface area contributed by atoms with Crippen LogP contribution < -0.4 is 10.6 Å². The van der Waals surface area contributed by atoms with Crippen molar-refractivity contribution in [2.24, 2.45) is 0 Å². The summed E-state index contributed by atoms with van der Waals surface area (Å²) in [5.41, 5.74) is 1.26. The van der Waals surface area contributed by atoms with E-state index in [-0.39, 0.29) is 0 Å². The molecule has 0 unspecified atom stereocenters. The fraction of sp³-hybridized carbons (Fsp3) is 0.588. The van der Waals surface area contributed by atoms with Crippen molar-refractivity contribution < 1.29 is 0 Å². The van der Waals surface area contributed by atoms with Gasteiger partial charge in [-0.3, -0.25) is 0 Å². The van der Waals surface area contributed by atoms with Crippen LogP contribution in [0, 0.1) is 0 Å². The Kier molecular flexibility index (Phi) is 9.93.